The van der Waals surface area contributed by atoms with Crippen LogP contribution in [-0.2, 0) is 0 Å². The highest BCUT2D eigenvalue weighted by Gasteiger charge is 2.11. The number of nitrogens with zero attached hydrogens (tertiary/aromatic N) is 3. The molecule has 20 heavy (non-hydrogen) atoms. The highest BCUT2D eigenvalue weighted by Crippen LogP contribution is 2.17. The summed E-state index contributed by atoms with van der Waals surface area (Å²) in [6.45, 7) is 2.94. The van der Waals surface area contributed by atoms with Crippen LogP contribution in [-0.4, -0.2) is 24.4 Å². The van der Waals surface area contributed by atoms with Crippen molar-refractivity contribution in [1.29, 1.82) is 5.26 Å². The molecule has 5 heteroatoms. The Hall–Kier alpha value is -2.19. The molecule has 0 N–H and O–H groups in total. The summed E-state index contributed by atoms with van der Waals surface area (Å²) in [6.07, 6.45) is 1.65. The molecule has 0 fully saturated rings. The molecule has 0 aliphatic carbocycles. The zero-order valence-corrected chi connectivity index (χ0v) is 12.0. The summed E-state index contributed by atoms with van der Waals surface area (Å²) in [5, 5.41) is 11.8. The van der Waals surface area contributed by atoms with E-state index >= 15 is 0 Å². The molecule has 2 aromatic rings. The van der Waals surface area contributed by atoms with Crippen molar-refractivity contribution in [2.45, 2.75) is 12.8 Å². The maximum absolute atomic E-state index is 9.12. The third kappa shape index (κ3) is 4.18. The molecule has 2 rings (SSSR count). The number of hydrogen-bond acceptors (Lipinski definition) is 5. The van der Waals surface area contributed by atoms with E-state index in [1.807, 2.05) is 42.6 Å². The van der Waals surface area contributed by atoms with Gasteiger partial charge in [0.15, 0.2) is 0 Å². The van der Waals surface area contributed by atoms with Crippen molar-refractivity contribution in [3.63, 3.8) is 0 Å². The SMILES string of the molecule is Cc1csc([C@@H](C#N)C=NCCOc2ccccc2)n1. The Labute approximate surface area is 122 Å². The lowest BCUT2D eigenvalue weighted by atomic mass is 10.2. The Morgan fingerprint density at radius 3 is 2.90 bits per heavy atom. The summed E-state index contributed by atoms with van der Waals surface area (Å²) < 4.78 is 5.52. The molecule has 1 aromatic carbocycles. The van der Waals surface area contributed by atoms with E-state index in [-0.39, 0.29) is 5.92 Å². The van der Waals surface area contributed by atoms with Gasteiger partial charge >= 0.3 is 0 Å². The average molecular weight is 285 g/mol. The van der Waals surface area contributed by atoms with Gasteiger partial charge in [0.05, 0.1) is 12.6 Å². The molecule has 102 valence electrons. The van der Waals surface area contributed by atoms with E-state index in [0.29, 0.717) is 13.2 Å². The van der Waals surface area contributed by atoms with Crippen LogP contribution in [0.25, 0.3) is 0 Å². The number of thiazole rings is 1. The van der Waals surface area contributed by atoms with Crippen molar-refractivity contribution in [2.75, 3.05) is 13.2 Å². The Morgan fingerprint density at radius 2 is 2.25 bits per heavy atom. The van der Waals surface area contributed by atoms with Crippen LogP contribution >= 0.6 is 11.3 Å². The number of hydrogen-bond donors (Lipinski definition) is 0. The van der Waals surface area contributed by atoms with Crippen molar-refractivity contribution in [1.82, 2.24) is 4.98 Å². The predicted octanol–water partition coefficient (Wildman–Crippen LogP) is 3.21. The van der Waals surface area contributed by atoms with Crippen molar-refractivity contribution in [3.05, 3.63) is 46.4 Å². The molecule has 1 heterocycles. The number of benzene rings is 1. The molecule has 0 aliphatic rings. The second kappa shape index (κ2) is 7.41. The van der Waals surface area contributed by atoms with E-state index < -0.39 is 0 Å². The van der Waals surface area contributed by atoms with Crippen LogP contribution in [0.5, 0.6) is 5.75 Å². The van der Waals surface area contributed by atoms with Gasteiger partial charge in [-0.3, -0.25) is 4.99 Å². The van der Waals surface area contributed by atoms with Gasteiger partial charge in [-0.25, -0.2) is 4.98 Å². The fraction of sp³-hybridized carbons (Fsp3) is 0.267. The molecule has 0 amide bonds. The van der Waals surface area contributed by atoms with Gasteiger partial charge in [0.25, 0.3) is 0 Å². The minimum Gasteiger partial charge on any atom is -0.492 e. The predicted molar refractivity (Wildman–Crippen MR) is 80.5 cm³/mol. The Bertz CT molecular complexity index is 601. The third-order valence-corrected chi connectivity index (χ3v) is 3.57. The largest absolute Gasteiger partial charge is 0.492 e. The first-order valence-corrected chi connectivity index (χ1v) is 7.17. The van der Waals surface area contributed by atoms with E-state index in [2.05, 4.69) is 16.0 Å². The minimum atomic E-state index is -0.370. The number of aryl methyl sites for hydroxylation is 1. The van der Waals surface area contributed by atoms with Crippen LogP contribution in [0, 0.1) is 18.3 Å². The molecule has 0 radical (unpaired) electrons. The monoisotopic (exact) mass is 285 g/mol. The smallest absolute Gasteiger partial charge is 0.133 e. The normalized spacial score (nSPS) is 12.2. The molecule has 1 atom stereocenters. The first-order valence-electron chi connectivity index (χ1n) is 6.29. The maximum Gasteiger partial charge on any atom is 0.133 e. The number of para-hydroxylation sites is 1. The molecule has 1 aromatic heterocycles. The summed E-state index contributed by atoms with van der Waals surface area (Å²) in [4.78, 5) is 8.54. The fourth-order valence-corrected chi connectivity index (χ4v) is 2.38. The lowest BCUT2D eigenvalue weighted by molar-refractivity contribution is 0.329. The summed E-state index contributed by atoms with van der Waals surface area (Å²) in [5.41, 5.74) is 0.936. The van der Waals surface area contributed by atoms with Crippen molar-refractivity contribution in [3.8, 4) is 11.8 Å². The number of rotatable bonds is 6. The Morgan fingerprint density at radius 1 is 1.45 bits per heavy atom. The molecule has 0 unspecified atom stereocenters. The zero-order valence-electron chi connectivity index (χ0n) is 11.2. The number of aromatic nitrogens is 1. The molecule has 0 saturated heterocycles. The van der Waals surface area contributed by atoms with Crippen LogP contribution in [0.3, 0.4) is 0 Å². The summed E-state index contributed by atoms with van der Waals surface area (Å²) in [5.74, 6) is 0.459. The van der Waals surface area contributed by atoms with Gasteiger partial charge in [-0.15, -0.1) is 11.3 Å². The van der Waals surface area contributed by atoms with Gasteiger partial charge in [0.2, 0.25) is 0 Å². The maximum atomic E-state index is 9.12. The second-order valence-corrected chi connectivity index (χ2v) is 5.04. The van der Waals surface area contributed by atoms with E-state index in [1.54, 1.807) is 6.21 Å². The molecule has 0 saturated carbocycles. The third-order valence-electron chi connectivity index (χ3n) is 2.53. The van der Waals surface area contributed by atoms with E-state index in [0.717, 1.165) is 16.5 Å². The fourth-order valence-electron chi connectivity index (χ4n) is 1.58. The van der Waals surface area contributed by atoms with E-state index in [1.165, 1.54) is 11.3 Å². The molecular weight excluding hydrogens is 270 g/mol. The molecule has 0 bridgehead atoms. The van der Waals surface area contributed by atoms with Crippen LogP contribution < -0.4 is 4.74 Å². The Balaban J connectivity index is 1.79. The highest BCUT2D eigenvalue weighted by molar-refractivity contribution is 7.09. The van der Waals surface area contributed by atoms with E-state index in [4.69, 9.17) is 10.00 Å². The summed E-state index contributed by atoms with van der Waals surface area (Å²) >= 11 is 1.49. The first kappa shape index (κ1) is 14.2. The van der Waals surface area contributed by atoms with Gasteiger partial charge in [-0.05, 0) is 19.1 Å². The topological polar surface area (TPSA) is 58.3 Å². The molecular formula is C15H15N3OS. The van der Waals surface area contributed by atoms with Crippen LogP contribution in [0.2, 0.25) is 0 Å². The quantitative estimate of drug-likeness (QED) is 0.605. The lowest BCUT2D eigenvalue weighted by Gasteiger charge is -2.03. The first-order chi connectivity index (χ1) is 9.79. The number of ether oxygens (including phenoxy) is 1. The number of nitriles is 1. The highest BCUT2D eigenvalue weighted by atomic mass is 32.1. The summed E-state index contributed by atoms with van der Waals surface area (Å²) in [7, 11) is 0. The van der Waals surface area contributed by atoms with Gasteiger partial charge in [0.1, 0.15) is 23.3 Å². The van der Waals surface area contributed by atoms with Crippen molar-refractivity contribution >= 4 is 17.6 Å². The second-order valence-electron chi connectivity index (χ2n) is 4.15. The minimum absolute atomic E-state index is 0.370. The van der Waals surface area contributed by atoms with Crippen molar-refractivity contribution < 1.29 is 4.74 Å². The van der Waals surface area contributed by atoms with E-state index in [9.17, 15) is 0 Å². The molecule has 4 nitrogen and oxygen atoms in total. The van der Waals surface area contributed by atoms with Crippen LogP contribution in [0.15, 0.2) is 40.7 Å². The lowest BCUT2D eigenvalue weighted by Crippen LogP contribution is -2.03. The van der Waals surface area contributed by atoms with Gasteiger partial charge in [0, 0.05) is 17.3 Å². The van der Waals surface area contributed by atoms with Crippen molar-refractivity contribution in [2.24, 2.45) is 4.99 Å². The van der Waals surface area contributed by atoms with Gasteiger partial charge in [-0.1, -0.05) is 18.2 Å². The average Bonchev–Trinajstić information content (AvgIpc) is 2.90. The molecule has 0 spiro atoms. The Kier molecular flexibility index (Phi) is 5.27. The van der Waals surface area contributed by atoms with Gasteiger partial charge in [-0.2, -0.15) is 5.26 Å². The number of aliphatic imine (C=N–C) groups is 1. The molecule has 0 aliphatic heterocycles. The van der Waals surface area contributed by atoms with Gasteiger partial charge < -0.3 is 4.74 Å². The standard InChI is InChI=1S/C15H15N3OS/c1-12-11-20-15(18-12)13(9-16)10-17-7-8-19-14-5-3-2-4-6-14/h2-6,10-11,13H,7-8H2,1H3/t13-/m0/s1. The van der Waals surface area contributed by atoms with Crippen LogP contribution in [0.1, 0.15) is 16.6 Å². The van der Waals surface area contributed by atoms with Crippen LogP contribution in [0.4, 0.5) is 0 Å². The summed E-state index contributed by atoms with van der Waals surface area (Å²) in [6, 6.07) is 11.8. The zero-order chi connectivity index (χ0) is 14.2.